The van der Waals surface area contributed by atoms with Crippen molar-refractivity contribution in [1.29, 1.82) is 0 Å². The highest BCUT2D eigenvalue weighted by Crippen LogP contribution is 2.38. The van der Waals surface area contributed by atoms with Crippen LogP contribution in [-0.4, -0.2) is 55.2 Å². The zero-order valence-electron chi connectivity index (χ0n) is 22.5. The lowest BCUT2D eigenvalue weighted by Gasteiger charge is -2.46. The van der Waals surface area contributed by atoms with Gasteiger partial charge in [-0.15, -0.1) is 0 Å². The van der Waals surface area contributed by atoms with Gasteiger partial charge in [-0.3, -0.25) is 9.69 Å². The summed E-state index contributed by atoms with van der Waals surface area (Å²) in [4.78, 5) is 17.1. The van der Waals surface area contributed by atoms with Gasteiger partial charge in [0.25, 0.3) is 0 Å². The van der Waals surface area contributed by atoms with Crippen molar-refractivity contribution in [3.63, 3.8) is 0 Å². The molecule has 1 atom stereocenters. The minimum atomic E-state index is -0.314. The number of ether oxygens (including phenoxy) is 1. The smallest absolute Gasteiger partial charge is 0.217 e. The number of carbonyl (C=O) groups excluding carboxylic acids is 1. The molecule has 7 heteroatoms. The molecule has 0 radical (unpaired) electrons. The number of nitrogens with one attached hydrogen (secondary N) is 1. The summed E-state index contributed by atoms with van der Waals surface area (Å²) < 4.78 is 6.25. The average molecular weight is 567 g/mol. The van der Waals surface area contributed by atoms with Crippen molar-refractivity contribution in [2.24, 2.45) is 0 Å². The van der Waals surface area contributed by atoms with Gasteiger partial charge in [0, 0.05) is 38.5 Å². The fourth-order valence-electron chi connectivity index (χ4n) is 6.24. The summed E-state index contributed by atoms with van der Waals surface area (Å²) in [5.41, 5.74) is 3.11. The van der Waals surface area contributed by atoms with E-state index >= 15 is 0 Å². The first-order valence-electron chi connectivity index (χ1n) is 13.7. The quantitative estimate of drug-likeness (QED) is 0.351. The Morgan fingerprint density at radius 1 is 0.897 bits per heavy atom. The lowest BCUT2D eigenvalue weighted by molar-refractivity contribution is -0.121. The van der Waals surface area contributed by atoms with Gasteiger partial charge in [-0.25, -0.2) is 0 Å². The fourth-order valence-corrected chi connectivity index (χ4v) is 6.54. The minimum Gasteiger partial charge on any atom is -0.365 e. The molecular weight excluding hydrogens is 529 g/mol. The first kappa shape index (κ1) is 28.1. The molecule has 0 saturated carbocycles. The van der Waals surface area contributed by atoms with E-state index in [-0.39, 0.29) is 16.9 Å². The van der Waals surface area contributed by atoms with E-state index < -0.39 is 0 Å². The molecule has 3 aromatic carbocycles. The third kappa shape index (κ3) is 6.67. The largest absolute Gasteiger partial charge is 0.365 e. The summed E-state index contributed by atoms with van der Waals surface area (Å²) in [6.45, 7) is 7.36. The third-order valence-electron chi connectivity index (χ3n) is 8.32. The summed E-state index contributed by atoms with van der Waals surface area (Å²) in [7, 11) is 0. The van der Waals surface area contributed by atoms with Gasteiger partial charge < -0.3 is 15.0 Å². The normalized spacial score (nSPS) is 21.9. The van der Waals surface area contributed by atoms with Gasteiger partial charge in [-0.1, -0.05) is 89.9 Å². The second-order valence-corrected chi connectivity index (χ2v) is 11.9. The van der Waals surface area contributed by atoms with Crippen molar-refractivity contribution < 1.29 is 9.53 Å². The Bertz CT molecular complexity index is 1250. The van der Waals surface area contributed by atoms with Gasteiger partial charge in [0.05, 0.1) is 28.9 Å². The van der Waals surface area contributed by atoms with Crippen molar-refractivity contribution in [1.82, 2.24) is 15.1 Å². The molecule has 3 aromatic rings. The average Bonchev–Trinajstić information content (AvgIpc) is 2.95. The van der Waals surface area contributed by atoms with Crippen molar-refractivity contribution in [3.05, 3.63) is 106 Å². The van der Waals surface area contributed by atoms with E-state index in [1.807, 2.05) is 24.3 Å². The molecule has 0 aromatic heterocycles. The number of piperidine rings is 1. The molecule has 2 heterocycles. The molecule has 1 amide bonds. The van der Waals surface area contributed by atoms with E-state index in [2.05, 4.69) is 69.7 Å². The van der Waals surface area contributed by atoms with E-state index in [0.717, 1.165) is 52.0 Å². The molecule has 2 aliphatic rings. The minimum absolute atomic E-state index is 0.0173. The number of rotatable bonds is 8. The maximum atomic E-state index is 12.2. The number of nitrogens with zero attached hydrogens (tertiary/aromatic N) is 2. The molecule has 5 nitrogen and oxygen atoms in total. The molecule has 0 bridgehead atoms. The van der Waals surface area contributed by atoms with Crippen molar-refractivity contribution in [3.8, 4) is 0 Å². The molecule has 5 rings (SSSR count). The highest BCUT2D eigenvalue weighted by atomic mass is 35.5. The maximum absolute atomic E-state index is 12.2. The van der Waals surface area contributed by atoms with Crippen LogP contribution in [0.1, 0.15) is 42.9 Å². The van der Waals surface area contributed by atoms with Crippen LogP contribution in [0.3, 0.4) is 0 Å². The second kappa shape index (κ2) is 12.4. The highest BCUT2D eigenvalue weighted by molar-refractivity contribution is 6.42. The number of hydrogen-bond donors (Lipinski definition) is 1. The number of benzene rings is 3. The second-order valence-electron chi connectivity index (χ2n) is 11.1. The zero-order valence-corrected chi connectivity index (χ0v) is 24.1. The SMILES string of the molecule is CC(=O)NC1(c2ccccc2)CCN(CCC2(c3ccc(Cl)c(Cl)c3)COCN(Cc3ccccc3)C2)CC1. The monoisotopic (exact) mass is 565 g/mol. The van der Waals surface area contributed by atoms with Gasteiger partial charge in [0.15, 0.2) is 0 Å². The van der Waals surface area contributed by atoms with Crippen molar-refractivity contribution >= 4 is 29.1 Å². The van der Waals surface area contributed by atoms with Crippen LogP contribution in [0.4, 0.5) is 0 Å². The molecule has 2 aliphatic heterocycles. The van der Waals surface area contributed by atoms with Crippen molar-refractivity contribution in [2.75, 3.05) is 39.5 Å². The Labute approximate surface area is 242 Å². The Morgan fingerprint density at radius 2 is 1.59 bits per heavy atom. The van der Waals surface area contributed by atoms with Gasteiger partial charge in [-0.2, -0.15) is 0 Å². The summed E-state index contributed by atoms with van der Waals surface area (Å²) in [5.74, 6) is 0.0173. The molecule has 206 valence electrons. The summed E-state index contributed by atoms with van der Waals surface area (Å²) >= 11 is 12.8. The van der Waals surface area contributed by atoms with Crippen LogP contribution >= 0.6 is 23.2 Å². The molecular formula is C32H37Cl2N3O2. The molecule has 39 heavy (non-hydrogen) atoms. The first-order valence-corrected chi connectivity index (χ1v) is 14.5. The number of likely N-dealkylation sites (tertiary alicyclic amines) is 1. The Morgan fingerprint density at radius 3 is 2.26 bits per heavy atom. The maximum Gasteiger partial charge on any atom is 0.217 e. The zero-order chi connectivity index (χ0) is 27.3. The van der Waals surface area contributed by atoms with Crippen LogP contribution in [0.5, 0.6) is 0 Å². The molecule has 0 spiro atoms. The van der Waals surface area contributed by atoms with E-state index in [4.69, 9.17) is 27.9 Å². The molecule has 0 aliphatic carbocycles. The fraction of sp³-hybridized carbons (Fsp3) is 0.406. The van der Waals surface area contributed by atoms with Crippen LogP contribution in [0, 0.1) is 0 Å². The van der Waals surface area contributed by atoms with Crippen LogP contribution in [0.2, 0.25) is 10.0 Å². The van der Waals surface area contributed by atoms with E-state index in [0.29, 0.717) is 23.4 Å². The van der Waals surface area contributed by atoms with Gasteiger partial charge in [-0.05, 0) is 54.6 Å². The van der Waals surface area contributed by atoms with E-state index in [1.54, 1.807) is 6.92 Å². The van der Waals surface area contributed by atoms with Crippen LogP contribution in [0.25, 0.3) is 0 Å². The summed E-state index contributed by atoms with van der Waals surface area (Å²) in [6, 6.07) is 27.0. The first-order chi connectivity index (χ1) is 18.9. The summed E-state index contributed by atoms with van der Waals surface area (Å²) in [5, 5.41) is 4.44. The van der Waals surface area contributed by atoms with E-state index in [1.165, 1.54) is 16.7 Å². The van der Waals surface area contributed by atoms with E-state index in [9.17, 15) is 4.79 Å². The van der Waals surface area contributed by atoms with Crippen LogP contribution in [0.15, 0.2) is 78.9 Å². The predicted molar refractivity (Wildman–Crippen MR) is 158 cm³/mol. The van der Waals surface area contributed by atoms with Crippen LogP contribution < -0.4 is 5.32 Å². The summed E-state index contributed by atoms with van der Waals surface area (Å²) in [6.07, 6.45) is 2.70. The Hall–Kier alpha value is -2.41. The number of hydrogen-bond acceptors (Lipinski definition) is 4. The predicted octanol–water partition coefficient (Wildman–Crippen LogP) is 6.24. The Balaban J connectivity index is 1.32. The third-order valence-corrected chi connectivity index (χ3v) is 9.06. The number of amides is 1. The topological polar surface area (TPSA) is 44.8 Å². The number of carbonyl (C=O) groups is 1. The molecule has 2 saturated heterocycles. The molecule has 1 N–H and O–H groups in total. The lowest BCUT2D eigenvalue weighted by Crippen LogP contribution is -2.54. The number of halogens is 2. The molecule has 2 fully saturated rings. The standard InChI is InChI=1S/C32H37Cl2N3O2/c1-25(38)35-32(27-10-6-3-7-11-27)15-18-36(19-16-32)17-14-31(28-12-13-29(33)30(34)20-28)22-37(24-39-23-31)21-26-8-4-2-5-9-26/h2-13,20H,14-19,21-24H2,1H3,(H,35,38). The van der Waals surface area contributed by atoms with Crippen LogP contribution in [-0.2, 0) is 27.0 Å². The Kier molecular flexibility index (Phi) is 8.95. The molecule has 1 unspecified atom stereocenters. The highest BCUT2D eigenvalue weighted by Gasteiger charge is 2.41. The van der Waals surface area contributed by atoms with Crippen molar-refractivity contribution in [2.45, 2.75) is 43.7 Å². The van der Waals surface area contributed by atoms with Gasteiger partial charge >= 0.3 is 0 Å². The van der Waals surface area contributed by atoms with Gasteiger partial charge in [0.2, 0.25) is 5.91 Å². The van der Waals surface area contributed by atoms with Gasteiger partial charge in [0.1, 0.15) is 0 Å². The lowest BCUT2D eigenvalue weighted by atomic mass is 9.76.